The van der Waals surface area contributed by atoms with Gasteiger partial charge in [-0.3, -0.25) is 9.69 Å². The molecule has 2 aliphatic rings. The van der Waals surface area contributed by atoms with Crippen LogP contribution in [0.25, 0.3) is 0 Å². The molecule has 30 heavy (non-hydrogen) atoms. The second-order valence-electron chi connectivity index (χ2n) is 7.18. The van der Waals surface area contributed by atoms with Gasteiger partial charge in [-0.25, -0.2) is 9.18 Å². The van der Waals surface area contributed by atoms with Crippen LogP contribution in [-0.4, -0.2) is 43.3 Å². The summed E-state index contributed by atoms with van der Waals surface area (Å²) < 4.78 is 25.8. The van der Waals surface area contributed by atoms with Crippen molar-refractivity contribution in [3.8, 4) is 11.9 Å². The van der Waals surface area contributed by atoms with Crippen LogP contribution in [0.2, 0.25) is 0 Å². The number of cyclic esters (lactones) is 1. The zero-order chi connectivity index (χ0) is 21.3. The number of rotatable bonds is 5. The van der Waals surface area contributed by atoms with Crippen molar-refractivity contribution in [3.05, 3.63) is 53.1 Å². The fraction of sp³-hybridized carbons (Fsp3) is 0.333. The van der Waals surface area contributed by atoms with Crippen molar-refractivity contribution in [1.82, 2.24) is 10.3 Å². The number of amides is 2. The Labute approximate surface area is 172 Å². The van der Waals surface area contributed by atoms with Crippen molar-refractivity contribution in [1.29, 1.82) is 5.26 Å². The molecule has 1 N–H and O–H groups in total. The molecule has 2 amide bonds. The first kappa shape index (κ1) is 19.6. The van der Waals surface area contributed by atoms with Gasteiger partial charge in [-0.15, -0.1) is 0 Å². The predicted octanol–water partition coefficient (Wildman–Crippen LogP) is 2.21. The number of halogens is 1. The molecule has 0 aliphatic carbocycles. The molecule has 1 unspecified atom stereocenters. The van der Waals surface area contributed by atoms with E-state index in [0.29, 0.717) is 23.7 Å². The van der Waals surface area contributed by atoms with Crippen LogP contribution in [0.3, 0.4) is 0 Å². The third kappa shape index (κ3) is 3.41. The number of pyridine rings is 1. The Bertz CT molecular complexity index is 1040. The van der Waals surface area contributed by atoms with Gasteiger partial charge in [-0.05, 0) is 29.8 Å². The minimum absolute atomic E-state index is 0.0189. The smallest absolute Gasteiger partial charge is 0.407 e. The number of hydrogen-bond acceptors (Lipinski definition) is 6. The maximum Gasteiger partial charge on any atom is 0.407 e. The zero-order valence-corrected chi connectivity index (χ0v) is 16.2. The minimum atomic E-state index is -2.17. The average molecular weight is 410 g/mol. The molecule has 2 aliphatic heterocycles. The fourth-order valence-corrected chi connectivity index (χ4v) is 3.73. The summed E-state index contributed by atoms with van der Waals surface area (Å²) in [5.74, 6) is -0.109. The molecule has 0 spiro atoms. The SMILES string of the molecule is COc1nc(N2CCC(F)(c3ccc(C#N)cc3)C2=O)ccc1C[C@H]1COC(=O)N1. The molecule has 1 aromatic heterocycles. The summed E-state index contributed by atoms with van der Waals surface area (Å²) >= 11 is 0. The van der Waals surface area contributed by atoms with Gasteiger partial charge in [0.2, 0.25) is 11.5 Å². The van der Waals surface area contributed by atoms with E-state index in [-0.39, 0.29) is 31.2 Å². The van der Waals surface area contributed by atoms with Crippen LogP contribution in [0.1, 0.15) is 23.1 Å². The highest BCUT2D eigenvalue weighted by Crippen LogP contribution is 2.39. The topological polar surface area (TPSA) is 105 Å². The Balaban J connectivity index is 1.56. The van der Waals surface area contributed by atoms with Crippen LogP contribution in [0, 0.1) is 11.3 Å². The number of methoxy groups -OCH3 is 1. The lowest BCUT2D eigenvalue weighted by Crippen LogP contribution is -2.35. The van der Waals surface area contributed by atoms with Crippen molar-refractivity contribution < 1.29 is 23.5 Å². The minimum Gasteiger partial charge on any atom is -0.481 e. The summed E-state index contributed by atoms with van der Waals surface area (Å²) in [7, 11) is 1.46. The summed E-state index contributed by atoms with van der Waals surface area (Å²) in [5.41, 5.74) is -0.820. The number of ether oxygens (including phenoxy) is 2. The molecule has 2 atom stereocenters. The number of hydrogen-bond donors (Lipinski definition) is 1. The van der Waals surface area contributed by atoms with E-state index in [9.17, 15) is 9.59 Å². The standard InChI is InChI=1S/C21H19FN4O4/c1-29-18-14(10-16-12-30-20(28)24-16)4-7-17(25-18)26-9-8-21(22,19(26)27)15-5-2-13(11-23)3-6-15/h2-7,16H,8-10,12H2,1H3,(H,24,28)/t16-,21?/m0/s1. The number of benzene rings is 1. The van der Waals surface area contributed by atoms with Gasteiger partial charge in [-0.2, -0.15) is 10.2 Å². The third-order valence-electron chi connectivity index (χ3n) is 5.33. The van der Waals surface area contributed by atoms with Gasteiger partial charge in [-0.1, -0.05) is 12.1 Å². The van der Waals surface area contributed by atoms with Crippen molar-refractivity contribution in [2.24, 2.45) is 0 Å². The summed E-state index contributed by atoms with van der Waals surface area (Å²) in [6.45, 7) is 0.417. The number of anilines is 1. The number of alkyl carbamates (subject to hydrolysis) is 1. The number of alkyl halides is 1. The number of aromatic nitrogens is 1. The molecular weight excluding hydrogens is 391 g/mol. The summed E-state index contributed by atoms with van der Waals surface area (Å²) in [6, 6.07) is 11.1. The Morgan fingerprint density at radius 2 is 2.10 bits per heavy atom. The maximum absolute atomic E-state index is 15.6. The van der Waals surface area contributed by atoms with Gasteiger partial charge in [0.15, 0.2) is 0 Å². The monoisotopic (exact) mass is 410 g/mol. The number of nitrogens with zero attached hydrogens (tertiary/aromatic N) is 3. The highest BCUT2D eigenvalue weighted by Gasteiger charge is 2.49. The second kappa shape index (κ2) is 7.63. The highest BCUT2D eigenvalue weighted by molar-refractivity contribution is 6.01. The number of nitriles is 1. The van der Waals surface area contributed by atoms with Gasteiger partial charge < -0.3 is 14.8 Å². The van der Waals surface area contributed by atoms with E-state index < -0.39 is 17.7 Å². The molecule has 9 heteroatoms. The van der Waals surface area contributed by atoms with Gasteiger partial charge in [0.1, 0.15) is 12.4 Å². The lowest BCUT2D eigenvalue weighted by atomic mass is 9.93. The highest BCUT2D eigenvalue weighted by atomic mass is 19.1. The van der Waals surface area contributed by atoms with Crippen LogP contribution < -0.4 is 15.0 Å². The quantitative estimate of drug-likeness (QED) is 0.811. The van der Waals surface area contributed by atoms with Gasteiger partial charge in [0.25, 0.3) is 5.91 Å². The summed E-state index contributed by atoms with van der Waals surface area (Å²) in [5, 5.41) is 11.6. The fourth-order valence-electron chi connectivity index (χ4n) is 3.73. The van der Waals surface area contributed by atoms with Crippen LogP contribution >= 0.6 is 0 Å². The normalized spacial score (nSPS) is 23.1. The van der Waals surface area contributed by atoms with Crippen molar-refractivity contribution in [2.45, 2.75) is 24.6 Å². The second-order valence-corrected chi connectivity index (χ2v) is 7.18. The molecule has 154 valence electrons. The predicted molar refractivity (Wildman–Crippen MR) is 104 cm³/mol. The van der Waals surface area contributed by atoms with E-state index in [1.165, 1.54) is 36.3 Å². The van der Waals surface area contributed by atoms with E-state index in [2.05, 4.69) is 10.3 Å². The van der Waals surface area contributed by atoms with Crippen LogP contribution in [0.4, 0.5) is 15.0 Å². The molecular formula is C21H19FN4O4. The van der Waals surface area contributed by atoms with Gasteiger partial charge >= 0.3 is 6.09 Å². The summed E-state index contributed by atoms with van der Waals surface area (Å²) in [4.78, 5) is 29.8. The van der Waals surface area contributed by atoms with Crippen LogP contribution in [0.5, 0.6) is 5.88 Å². The molecule has 4 rings (SSSR count). The number of carbonyl (C=O) groups excluding carboxylic acids is 2. The van der Waals surface area contributed by atoms with Crippen molar-refractivity contribution in [2.75, 3.05) is 25.2 Å². The van der Waals surface area contributed by atoms with E-state index in [0.717, 1.165) is 5.56 Å². The molecule has 2 fully saturated rings. The van der Waals surface area contributed by atoms with Gasteiger partial charge in [0, 0.05) is 24.9 Å². The molecule has 2 saturated heterocycles. The molecule has 0 bridgehead atoms. The summed E-state index contributed by atoms with van der Waals surface area (Å²) in [6.07, 6.45) is -0.0307. The number of nitrogens with one attached hydrogen (secondary N) is 1. The Hall–Kier alpha value is -3.67. The Morgan fingerprint density at radius 3 is 2.73 bits per heavy atom. The molecule has 1 aromatic carbocycles. The van der Waals surface area contributed by atoms with Gasteiger partial charge in [0.05, 0.1) is 24.8 Å². The third-order valence-corrected chi connectivity index (χ3v) is 5.33. The van der Waals surface area contributed by atoms with Crippen LogP contribution in [-0.2, 0) is 21.6 Å². The van der Waals surface area contributed by atoms with Crippen LogP contribution in [0.15, 0.2) is 36.4 Å². The molecule has 8 nitrogen and oxygen atoms in total. The first-order chi connectivity index (χ1) is 14.4. The first-order valence-corrected chi connectivity index (χ1v) is 9.43. The van der Waals surface area contributed by atoms with Crippen molar-refractivity contribution in [3.63, 3.8) is 0 Å². The first-order valence-electron chi connectivity index (χ1n) is 9.43. The lowest BCUT2D eigenvalue weighted by Gasteiger charge is -2.21. The largest absolute Gasteiger partial charge is 0.481 e. The lowest BCUT2D eigenvalue weighted by molar-refractivity contribution is -0.127. The molecule has 0 radical (unpaired) electrons. The van der Waals surface area contributed by atoms with E-state index in [1.807, 2.05) is 6.07 Å². The maximum atomic E-state index is 15.6. The Kier molecular flexibility index (Phi) is 4.99. The number of carbonyl (C=O) groups is 2. The zero-order valence-electron chi connectivity index (χ0n) is 16.2. The molecule has 0 saturated carbocycles. The van der Waals surface area contributed by atoms with Crippen molar-refractivity contribution >= 4 is 17.8 Å². The molecule has 3 heterocycles. The van der Waals surface area contributed by atoms with E-state index >= 15 is 4.39 Å². The Morgan fingerprint density at radius 1 is 1.33 bits per heavy atom. The average Bonchev–Trinajstić information content (AvgIpc) is 3.31. The van der Waals surface area contributed by atoms with E-state index in [1.54, 1.807) is 12.1 Å². The van der Waals surface area contributed by atoms with E-state index in [4.69, 9.17) is 14.7 Å². The molecule has 2 aromatic rings.